The molecule has 0 radical (unpaired) electrons. The molecule has 0 saturated carbocycles. The van der Waals surface area contributed by atoms with Crippen LogP contribution in [0.3, 0.4) is 0 Å². The summed E-state index contributed by atoms with van der Waals surface area (Å²) in [6.07, 6.45) is 5.80. The Bertz CT molecular complexity index is 328. The number of rotatable bonds is 2. The zero-order valence-electron chi connectivity index (χ0n) is 9.56. The molecule has 0 N–H and O–H groups in total. The number of allylic oxidation sites excluding steroid dienone is 1. The van der Waals surface area contributed by atoms with Crippen LogP contribution in [0, 0.1) is 5.92 Å². The molecule has 1 heterocycles. The Morgan fingerprint density at radius 1 is 1.27 bits per heavy atom. The van der Waals surface area contributed by atoms with Crippen LogP contribution in [0.25, 0.3) is 0 Å². The summed E-state index contributed by atoms with van der Waals surface area (Å²) in [4.78, 5) is 2.50. The molecule has 0 aliphatic carbocycles. The average molecular weight is 201 g/mol. The van der Waals surface area contributed by atoms with Gasteiger partial charge in [0.1, 0.15) is 0 Å². The minimum absolute atomic E-state index is 0.628. The summed E-state index contributed by atoms with van der Waals surface area (Å²) in [6.45, 7) is 5.61. The van der Waals surface area contributed by atoms with Crippen LogP contribution in [0.4, 0.5) is 5.69 Å². The molecule has 1 saturated heterocycles. The third-order valence-corrected chi connectivity index (χ3v) is 3.34. The fraction of sp³-hybridized carbons (Fsp3) is 0.429. The van der Waals surface area contributed by atoms with Crippen LogP contribution in [-0.4, -0.2) is 12.6 Å². The standard InChI is InChI=1S/C14H19N/c1-3-7-13-10-11-15(12(13)2)14-8-5-4-6-9-14/h3-9,12-13H,10-11H2,1-2H3/b7-3+/t12-,13+/m0/s1. The van der Waals surface area contributed by atoms with E-state index in [1.807, 2.05) is 0 Å². The van der Waals surface area contributed by atoms with Crippen molar-refractivity contribution in [2.75, 3.05) is 11.4 Å². The quantitative estimate of drug-likeness (QED) is 0.662. The van der Waals surface area contributed by atoms with Gasteiger partial charge in [-0.2, -0.15) is 0 Å². The second-order valence-corrected chi connectivity index (χ2v) is 4.25. The Labute approximate surface area is 92.4 Å². The maximum absolute atomic E-state index is 2.50. The van der Waals surface area contributed by atoms with E-state index in [0.717, 1.165) is 5.92 Å². The maximum Gasteiger partial charge on any atom is 0.0368 e. The van der Waals surface area contributed by atoms with Crippen molar-refractivity contribution in [1.29, 1.82) is 0 Å². The first-order valence-electron chi connectivity index (χ1n) is 5.77. The van der Waals surface area contributed by atoms with E-state index in [1.54, 1.807) is 0 Å². The molecule has 2 rings (SSSR count). The molecule has 0 aromatic heterocycles. The van der Waals surface area contributed by atoms with E-state index >= 15 is 0 Å². The summed E-state index contributed by atoms with van der Waals surface area (Å²) >= 11 is 0. The monoisotopic (exact) mass is 201 g/mol. The number of nitrogens with zero attached hydrogens (tertiary/aromatic N) is 1. The van der Waals surface area contributed by atoms with Gasteiger partial charge in [0.05, 0.1) is 0 Å². The molecule has 1 aliphatic rings. The second-order valence-electron chi connectivity index (χ2n) is 4.25. The summed E-state index contributed by atoms with van der Waals surface area (Å²) in [5, 5.41) is 0. The predicted octanol–water partition coefficient (Wildman–Crippen LogP) is 3.48. The van der Waals surface area contributed by atoms with Gasteiger partial charge in [-0.1, -0.05) is 30.4 Å². The number of hydrogen-bond acceptors (Lipinski definition) is 1. The number of para-hydroxylation sites is 1. The van der Waals surface area contributed by atoms with Crippen LogP contribution in [0.5, 0.6) is 0 Å². The molecule has 80 valence electrons. The first-order chi connectivity index (χ1) is 7.33. The van der Waals surface area contributed by atoms with E-state index in [2.05, 4.69) is 61.2 Å². The van der Waals surface area contributed by atoms with Gasteiger partial charge in [-0.25, -0.2) is 0 Å². The van der Waals surface area contributed by atoms with Crippen molar-refractivity contribution < 1.29 is 0 Å². The normalized spacial score (nSPS) is 26.4. The van der Waals surface area contributed by atoms with Crippen molar-refractivity contribution in [3.05, 3.63) is 42.5 Å². The highest BCUT2D eigenvalue weighted by Gasteiger charge is 2.28. The molecule has 0 bridgehead atoms. The molecular formula is C14H19N. The first-order valence-corrected chi connectivity index (χ1v) is 5.77. The van der Waals surface area contributed by atoms with Crippen molar-refractivity contribution in [3.63, 3.8) is 0 Å². The maximum atomic E-state index is 2.50. The van der Waals surface area contributed by atoms with Crippen LogP contribution in [0.1, 0.15) is 20.3 Å². The van der Waals surface area contributed by atoms with Crippen LogP contribution in [0.2, 0.25) is 0 Å². The van der Waals surface area contributed by atoms with Gasteiger partial charge in [0, 0.05) is 18.3 Å². The van der Waals surface area contributed by atoms with Gasteiger partial charge >= 0.3 is 0 Å². The van der Waals surface area contributed by atoms with Gasteiger partial charge in [-0.05, 0) is 38.3 Å². The second kappa shape index (κ2) is 4.52. The summed E-state index contributed by atoms with van der Waals surface area (Å²) in [5.41, 5.74) is 1.36. The van der Waals surface area contributed by atoms with Gasteiger partial charge in [0.15, 0.2) is 0 Å². The van der Waals surface area contributed by atoms with Crippen molar-refractivity contribution >= 4 is 5.69 Å². The third-order valence-electron chi connectivity index (χ3n) is 3.34. The Morgan fingerprint density at radius 3 is 2.67 bits per heavy atom. The molecule has 0 unspecified atom stereocenters. The molecular weight excluding hydrogens is 182 g/mol. The van der Waals surface area contributed by atoms with Gasteiger partial charge in [0.25, 0.3) is 0 Å². The van der Waals surface area contributed by atoms with Crippen LogP contribution in [0.15, 0.2) is 42.5 Å². The number of anilines is 1. The van der Waals surface area contributed by atoms with E-state index in [-0.39, 0.29) is 0 Å². The Kier molecular flexibility index (Phi) is 3.10. The third kappa shape index (κ3) is 2.06. The van der Waals surface area contributed by atoms with Crippen LogP contribution >= 0.6 is 0 Å². The molecule has 1 fully saturated rings. The van der Waals surface area contributed by atoms with Crippen LogP contribution < -0.4 is 4.90 Å². The summed E-state index contributed by atoms with van der Waals surface area (Å²) < 4.78 is 0. The SMILES string of the molecule is C/C=C/[C@@H]1CCN(c2ccccc2)[C@H]1C. The molecule has 1 heteroatoms. The minimum atomic E-state index is 0.628. The van der Waals surface area contributed by atoms with Gasteiger partial charge < -0.3 is 4.90 Å². The zero-order valence-corrected chi connectivity index (χ0v) is 9.56. The largest absolute Gasteiger partial charge is 0.368 e. The lowest BCUT2D eigenvalue weighted by molar-refractivity contribution is 0.603. The van der Waals surface area contributed by atoms with Crippen molar-refractivity contribution in [2.24, 2.45) is 5.92 Å². The van der Waals surface area contributed by atoms with E-state index in [4.69, 9.17) is 0 Å². The molecule has 1 aromatic rings. The Hall–Kier alpha value is -1.24. The lowest BCUT2D eigenvalue weighted by Crippen LogP contribution is -2.29. The molecule has 15 heavy (non-hydrogen) atoms. The fourth-order valence-corrected chi connectivity index (χ4v) is 2.45. The molecule has 1 nitrogen and oxygen atoms in total. The van der Waals surface area contributed by atoms with Gasteiger partial charge in [-0.15, -0.1) is 0 Å². The van der Waals surface area contributed by atoms with E-state index < -0.39 is 0 Å². The Morgan fingerprint density at radius 2 is 2.00 bits per heavy atom. The van der Waals surface area contributed by atoms with Crippen molar-refractivity contribution in [1.82, 2.24) is 0 Å². The highest BCUT2D eigenvalue weighted by atomic mass is 15.2. The van der Waals surface area contributed by atoms with Crippen molar-refractivity contribution in [2.45, 2.75) is 26.3 Å². The lowest BCUT2D eigenvalue weighted by Gasteiger charge is -2.25. The Balaban J connectivity index is 2.14. The lowest BCUT2D eigenvalue weighted by atomic mass is 10.0. The van der Waals surface area contributed by atoms with E-state index in [1.165, 1.54) is 18.7 Å². The summed E-state index contributed by atoms with van der Waals surface area (Å²) in [6, 6.07) is 11.3. The number of benzene rings is 1. The minimum Gasteiger partial charge on any atom is -0.368 e. The summed E-state index contributed by atoms with van der Waals surface area (Å²) in [5.74, 6) is 0.718. The van der Waals surface area contributed by atoms with Gasteiger partial charge in [0.2, 0.25) is 0 Å². The molecule has 0 amide bonds. The highest BCUT2D eigenvalue weighted by Crippen LogP contribution is 2.30. The highest BCUT2D eigenvalue weighted by molar-refractivity contribution is 5.48. The predicted molar refractivity (Wildman–Crippen MR) is 66.2 cm³/mol. The van der Waals surface area contributed by atoms with E-state index in [9.17, 15) is 0 Å². The number of hydrogen-bond donors (Lipinski definition) is 0. The van der Waals surface area contributed by atoms with E-state index in [0.29, 0.717) is 6.04 Å². The molecule has 1 aromatic carbocycles. The zero-order chi connectivity index (χ0) is 10.7. The first kappa shape index (κ1) is 10.3. The van der Waals surface area contributed by atoms with Gasteiger partial charge in [-0.3, -0.25) is 0 Å². The van der Waals surface area contributed by atoms with Crippen molar-refractivity contribution in [3.8, 4) is 0 Å². The average Bonchev–Trinajstić information content (AvgIpc) is 2.63. The smallest absolute Gasteiger partial charge is 0.0368 e. The van der Waals surface area contributed by atoms with Crippen LogP contribution in [-0.2, 0) is 0 Å². The topological polar surface area (TPSA) is 3.24 Å². The molecule has 0 spiro atoms. The molecule has 2 atom stereocenters. The molecule has 1 aliphatic heterocycles. The summed E-state index contributed by atoms with van der Waals surface area (Å²) in [7, 11) is 0. The fourth-order valence-electron chi connectivity index (χ4n) is 2.45.